The lowest BCUT2D eigenvalue weighted by molar-refractivity contribution is -0.116. The molecular formula is C22H24N2O3S. The van der Waals surface area contributed by atoms with Crippen LogP contribution in [0, 0.1) is 11.3 Å². The average Bonchev–Trinajstić information content (AvgIpc) is 3.05. The molecule has 1 amide bonds. The summed E-state index contributed by atoms with van der Waals surface area (Å²) in [6.45, 7) is 3.98. The first-order chi connectivity index (χ1) is 13.5. The molecule has 6 heteroatoms. The lowest BCUT2D eigenvalue weighted by Crippen LogP contribution is -2.31. The van der Waals surface area contributed by atoms with Gasteiger partial charge in [-0.25, -0.2) is 4.79 Å². The summed E-state index contributed by atoms with van der Waals surface area (Å²) in [4.78, 5) is 25.7. The van der Waals surface area contributed by atoms with Crippen LogP contribution >= 0.6 is 11.3 Å². The number of ether oxygens (including phenoxy) is 1. The third-order valence-corrected chi connectivity index (χ3v) is 6.25. The number of hydrogen-bond donors (Lipinski definition) is 1. The van der Waals surface area contributed by atoms with Crippen LogP contribution in [0.5, 0.6) is 0 Å². The fourth-order valence-corrected chi connectivity index (χ4v) is 5.07. The van der Waals surface area contributed by atoms with E-state index in [9.17, 15) is 14.9 Å². The van der Waals surface area contributed by atoms with Crippen molar-refractivity contribution >= 4 is 28.2 Å². The van der Waals surface area contributed by atoms with Crippen molar-refractivity contribution in [2.45, 2.75) is 51.4 Å². The third kappa shape index (κ3) is 3.81. The largest absolute Gasteiger partial charge is 0.462 e. The minimum absolute atomic E-state index is 0.110. The molecule has 2 aromatic rings. The summed E-state index contributed by atoms with van der Waals surface area (Å²) in [5.41, 5.74) is 1.75. The van der Waals surface area contributed by atoms with Crippen molar-refractivity contribution in [3.05, 3.63) is 51.9 Å². The Morgan fingerprint density at radius 3 is 2.68 bits per heavy atom. The maximum Gasteiger partial charge on any atom is 0.341 e. The minimum atomic E-state index is -0.615. The molecule has 1 aliphatic carbocycles. The molecule has 1 N–H and O–H groups in total. The number of anilines is 1. The molecular weight excluding hydrogens is 372 g/mol. The zero-order chi connectivity index (χ0) is 20.1. The summed E-state index contributed by atoms with van der Waals surface area (Å²) in [5, 5.41) is 13.4. The predicted octanol–water partition coefficient (Wildman–Crippen LogP) is 4.61. The van der Waals surface area contributed by atoms with Crippen molar-refractivity contribution < 1.29 is 14.3 Å². The molecule has 0 fully saturated rings. The Balaban J connectivity index is 2.01. The number of esters is 1. The molecule has 1 atom stereocenters. The number of nitriles is 1. The van der Waals surface area contributed by atoms with Crippen molar-refractivity contribution in [2.75, 3.05) is 11.9 Å². The van der Waals surface area contributed by atoms with Gasteiger partial charge in [-0.3, -0.25) is 4.79 Å². The second-order valence-corrected chi connectivity index (χ2v) is 8.07. The molecule has 0 radical (unpaired) electrons. The van der Waals surface area contributed by atoms with Crippen LogP contribution in [0.3, 0.4) is 0 Å². The summed E-state index contributed by atoms with van der Waals surface area (Å²) in [6, 6.07) is 12.3. The monoisotopic (exact) mass is 396 g/mol. The molecule has 0 bridgehead atoms. The number of hydrogen-bond acceptors (Lipinski definition) is 5. The van der Waals surface area contributed by atoms with E-state index in [-0.39, 0.29) is 12.5 Å². The highest BCUT2D eigenvalue weighted by Gasteiger charge is 2.40. The van der Waals surface area contributed by atoms with Crippen molar-refractivity contribution in [1.29, 1.82) is 5.26 Å². The van der Waals surface area contributed by atoms with Gasteiger partial charge in [0, 0.05) is 17.7 Å². The Bertz CT molecular complexity index is 914. The highest BCUT2D eigenvalue weighted by atomic mass is 32.1. The van der Waals surface area contributed by atoms with Crippen LogP contribution < -0.4 is 5.32 Å². The van der Waals surface area contributed by atoms with Gasteiger partial charge in [-0.2, -0.15) is 5.26 Å². The first-order valence-corrected chi connectivity index (χ1v) is 10.4. The number of rotatable bonds is 6. The molecule has 146 valence electrons. The van der Waals surface area contributed by atoms with E-state index in [1.54, 1.807) is 6.92 Å². The fraction of sp³-hybridized carbons (Fsp3) is 0.409. The zero-order valence-corrected chi connectivity index (χ0v) is 17.0. The van der Waals surface area contributed by atoms with Crippen LogP contribution in [0.15, 0.2) is 30.3 Å². The van der Waals surface area contributed by atoms with Gasteiger partial charge in [-0.1, -0.05) is 37.3 Å². The van der Waals surface area contributed by atoms with Gasteiger partial charge in [0.1, 0.15) is 5.00 Å². The van der Waals surface area contributed by atoms with E-state index < -0.39 is 11.4 Å². The number of nitrogens with zero attached hydrogens (tertiary/aromatic N) is 1. The number of benzene rings is 1. The highest BCUT2D eigenvalue weighted by Crippen LogP contribution is 2.45. The summed E-state index contributed by atoms with van der Waals surface area (Å²) in [7, 11) is 0. The van der Waals surface area contributed by atoms with Gasteiger partial charge in [0.05, 0.1) is 23.7 Å². The molecule has 1 aliphatic rings. The lowest BCUT2D eigenvalue weighted by atomic mass is 9.70. The smallest absolute Gasteiger partial charge is 0.341 e. The molecule has 1 aromatic heterocycles. The van der Waals surface area contributed by atoms with E-state index in [1.165, 1.54) is 11.3 Å². The van der Waals surface area contributed by atoms with Gasteiger partial charge in [0.25, 0.3) is 0 Å². The third-order valence-electron chi connectivity index (χ3n) is 5.10. The van der Waals surface area contributed by atoms with Crippen molar-refractivity contribution in [3.63, 3.8) is 0 Å². The van der Waals surface area contributed by atoms with E-state index in [0.29, 0.717) is 36.2 Å². The Hall–Kier alpha value is -2.65. The molecule has 1 aromatic carbocycles. The maximum atomic E-state index is 12.6. The van der Waals surface area contributed by atoms with Crippen LogP contribution in [0.2, 0.25) is 0 Å². The van der Waals surface area contributed by atoms with Crippen molar-refractivity contribution in [2.24, 2.45) is 0 Å². The normalized spacial score (nSPS) is 18.0. The fourth-order valence-electron chi connectivity index (χ4n) is 3.71. The van der Waals surface area contributed by atoms with E-state index in [1.807, 2.05) is 37.3 Å². The number of carbonyl (C=O) groups is 2. The molecule has 0 spiro atoms. The van der Waals surface area contributed by atoms with Gasteiger partial charge in [0.2, 0.25) is 5.91 Å². The molecule has 0 unspecified atom stereocenters. The molecule has 1 heterocycles. The number of fused-ring (bicyclic) bond motifs is 1. The standard InChI is InChI=1S/C22H24N2O3S/c1-3-8-18(25)24-20-19(21(26)27-4-2)16-11-12-22(14-23,13-17(16)28-20)15-9-6-5-7-10-15/h5-7,9-10H,3-4,8,11-13H2,1-2H3,(H,24,25)/t22-/m0/s1. The molecule has 3 rings (SSSR count). The molecule has 0 aliphatic heterocycles. The van der Waals surface area contributed by atoms with Crippen LogP contribution in [0.1, 0.15) is 59.5 Å². The van der Waals surface area contributed by atoms with E-state index in [4.69, 9.17) is 4.74 Å². The second kappa shape index (κ2) is 8.57. The average molecular weight is 397 g/mol. The summed E-state index contributed by atoms with van der Waals surface area (Å²) in [6.07, 6.45) is 2.90. The SMILES string of the molecule is CCCC(=O)Nc1sc2c(c1C(=O)OCC)CC[C@](C#N)(c1ccccc1)C2. The Morgan fingerprint density at radius 2 is 2.04 bits per heavy atom. The molecule has 0 saturated carbocycles. The van der Waals surface area contributed by atoms with Gasteiger partial charge >= 0.3 is 5.97 Å². The predicted molar refractivity (Wildman–Crippen MR) is 110 cm³/mol. The lowest BCUT2D eigenvalue weighted by Gasteiger charge is -2.31. The second-order valence-electron chi connectivity index (χ2n) is 6.96. The van der Waals surface area contributed by atoms with Crippen molar-refractivity contribution in [1.82, 2.24) is 0 Å². The van der Waals surface area contributed by atoms with E-state index in [2.05, 4.69) is 11.4 Å². The minimum Gasteiger partial charge on any atom is -0.462 e. The first-order valence-electron chi connectivity index (χ1n) is 9.63. The van der Waals surface area contributed by atoms with Crippen LogP contribution in [-0.2, 0) is 27.8 Å². The van der Waals surface area contributed by atoms with Crippen LogP contribution in [0.25, 0.3) is 0 Å². The van der Waals surface area contributed by atoms with E-state index >= 15 is 0 Å². The Kier molecular flexibility index (Phi) is 6.15. The Labute approximate surface area is 169 Å². The first kappa shape index (κ1) is 20.1. The van der Waals surface area contributed by atoms with Crippen LogP contribution in [-0.4, -0.2) is 18.5 Å². The Morgan fingerprint density at radius 1 is 1.29 bits per heavy atom. The quantitative estimate of drug-likeness (QED) is 0.723. The summed E-state index contributed by atoms with van der Waals surface area (Å²) < 4.78 is 5.25. The van der Waals surface area contributed by atoms with Gasteiger partial charge in [-0.05, 0) is 37.3 Å². The number of amides is 1. The van der Waals surface area contributed by atoms with Gasteiger partial charge < -0.3 is 10.1 Å². The number of carbonyl (C=O) groups excluding carboxylic acids is 2. The topological polar surface area (TPSA) is 79.2 Å². The summed E-state index contributed by atoms with van der Waals surface area (Å²) >= 11 is 1.40. The molecule has 5 nitrogen and oxygen atoms in total. The van der Waals surface area contributed by atoms with Gasteiger partial charge in [0.15, 0.2) is 0 Å². The summed E-state index contributed by atoms with van der Waals surface area (Å²) in [5.74, 6) is -0.516. The zero-order valence-electron chi connectivity index (χ0n) is 16.2. The number of nitrogens with one attached hydrogen (secondary N) is 1. The van der Waals surface area contributed by atoms with Gasteiger partial charge in [-0.15, -0.1) is 11.3 Å². The van der Waals surface area contributed by atoms with Crippen molar-refractivity contribution in [3.8, 4) is 6.07 Å². The number of thiophene rings is 1. The highest BCUT2D eigenvalue weighted by molar-refractivity contribution is 7.17. The maximum absolute atomic E-state index is 12.6. The van der Waals surface area contributed by atoms with Crippen LogP contribution in [0.4, 0.5) is 5.00 Å². The molecule has 0 saturated heterocycles. The van der Waals surface area contributed by atoms with E-state index in [0.717, 1.165) is 22.4 Å². The molecule has 28 heavy (non-hydrogen) atoms.